The first-order valence-electron chi connectivity index (χ1n) is 6.47. The average molecular weight is 240 g/mol. The zero-order chi connectivity index (χ0) is 13.6. The van der Waals surface area contributed by atoms with Crippen molar-refractivity contribution in [3.63, 3.8) is 0 Å². The molecule has 1 unspecified atom stereocenters. The van der Waals surface area contributed by atoms with Crippen molar-refractivity contribution < 1.29 is 4.79 Å². The van der Waals surface area contributed by atoms with Crippen molar-refractivity contribution in [3.05, 3.63) is 0 Å². The summed E-state index contributed by atoms with van der Waals surface area (Å²) < 4.78 is 0. The summed E-state index contributed by atoms with van der Waals surface area (Å²) >= 11 is 0. The zero-order valence-electron chi connectivity index (χ0n) is 12.6. The molecule has 0 aromatic rings. The van der Waals surface area contributed by atoms with Gasteiger partial charge in [-0.3, -0.25) is 4.79 Å². The number of carbonyl (C=O) groups excluding carboxylic acids is 1. The van der Waals surface area contributed by atoms with Crippen molar-refractivity contribution >= 4 is 5.91 Å². The monoisotopic (exact) mass is 240 g/mol. The lowest BCUT2D eigenvalue weighted by Crippen LogP contribution is -2.50. The molecule has 1 rings (SSSR count). The van der Waals surface area contributed by atoms with Crippen LogP contribution < -0.4 is 10.6 Å². The summed E-state index contributed by atoms with van der Waals surface area (Å²) in [4.78, 5) is 12.0. The van der Waals surface area contributed by atoms with Crippen LogP contribution in [0.15, 0.2) is 0 Å². The van der Waals surface area contributed by atoms with Gasteiger partial charge in [-0.15, -0.1) is 0 Å². The van der Waals surface area contributed by atoms with Crippen LogP contribution in [-0.2, 0) is 4.79 Å². The molecule has 0 aliphatic heterocycles. The summed E-state index contributed by atoms with van der Waals surface area (Å²) in [5.74, 6) is 0.0796. The van der Waals surface area contributed by atoms with Crippen LogP contribution in [0, 0.1) is 10.8 Å². The molecule has 1 saturated carbocycles. The Morgan fingerprint density at radius 1 is 1.12 bits per heavy atom. The van der Waals surface area contributed by atoms with Crippen molar-refractivity contribution in [2.45, 2.75) is 73.0 Å². The third kappa shape index (κ3) is 2.82. The van der Waals surface area contributed by atoms with E-state index in [1.54, 1.807) is 0 Å². The summed E-state index contributed by atoms with van der Waals surface area (Å²) in [5, 5.41) is 6.45. The number of rotatable bonds is 3. The Balaban J connectivity index is 2.52. The molecule has 1 aliphatic carbocycles. The maximum absolute atomic E-state index is 12.0. The van der Waals surface area contributed by atoms with Gasteiger partial charge in [0.1, 0.15) is 0 Å². The third-order valence-electron chi connectivity index (χ3n) is 4.33. The molecule has 0 heterocycles. The first-order chi connectivity index (χ1) is 7.39. The molecule has 100 valence electrons. The summed E-state index contributed by atoms with van der Waals surface area (Å²) in [6.07, 6.45) is 0. The smallest absolute Gasteiger partial charge is 0.237 e. The molecule has 0 aromatic heterocycles. The van der Waals surface area contributed by atoms with E-state index in [9.17, 15) is 4.79 Å². The van der Waals surface area contributed by atoms with Gasteiger partial charge in [0.2, 0.25) is 5.91 Å². The van der Waals surface area contributed by atoms with Gasteiger partial charge in [0, 0.05) is 11.6 Å². The Morgan fingerprint density at radius 2 is 1.53 bits per heavy atom. The van der Waals surface area contributed by atoms with E-state index in [-0.39, 0.29) is 28.3 Å². The summed E-state index contributed by atoms with van der Waals surface area (Å²) in [6, 6.07) is 0.274. The van der Waals surface area contributed by atoms with Crippen molar-refractivity contribution in [2.75, 3.05) is 0 Å². The highest BCUT2D eigenvalue weighted by Crippen LogP contribution is 2.62. The van der Waals surface area contributed by atoms with E-state index in [1.165, 1.54) is 0 Å². The van der Waals surface area contributed by atoms with Crippen molar-refractivity contribution in [3.8, 4) is 0 Å². The lowest BCUT2D eigenvalue weighted by molar-refractivity contribution is -0.124. The quantitative estimate of drug-likeness (QED) is 0.795. The second-order valence-corrected chi connectivity index (χ2v) is 7.50. The predicted octanol–water partition coefficient (Wildman–Crippen LogP) is 2.31. The Kier molecular flexibility index (Phi) is 3.39. The highest BCUT2D eigenvalue weighted by atomic mass is 16.2. The Morgan fingerprint density at radius 3 is 1.82 bits per heavy atom. The predicted molar refractivity (Wildman–Crippen MR) is 71.8 cm³/mol. The molecule has 2 N–H and O–H groups in total. The normalized spacial score (nSPS) is 24.2. The fourth-order valence-corrected chi connectivity index (χ4v) is 2.42. The molecule has 17 heavy (non-hydrogen) atoms. The van der Waals surface area contributed by atoms with E-state index in [4.69, 9.17) is 0 Å². The molecular formula is C14H28N2O. The molecule has 1 fully saturated rings. The van der Waals surface area contributed by atoms with E-state index in [0.717, 1.165) is 0 Å². The lowest BCUT2D eigenvalue weighted by Gasteiger charge is -2.24. The Hall–Kier alpha value is -0.570. The minimum absolute atomic E-state index is 0.0796. The second-order valence-electron chi connectivity index (χ2n) is 7.50. The Labute approximate surface area is 106 Å². The minimum atomic E-state index is -0.165. The summed E-state index contributed by atoms with van der Waals surface area (Å²) in [7, 11) is 0. The Bertz CT molecular complexity index is 299. The van der Waals surface area contributed by atoms with Gasteiger partial charge in [-0.2, -0.15) is 0 Å². The maximum Gasteiger partial charge on any atom is 0.237 e. The van der Waals surface area contributed by atoms with E-state index in [2.05, 4.69) is 38.3 Å². The van der Waals surface area contributed by atoms with E-state index >= 15 is 0 Å². The molecular weight excluding hydrogens is 212 g/mol. The van der Waals surface area contributed by atoms with Crippen LogP contribution in [0.5, 0.6) is 0 Å². The maximum atomic E-state index is 12.0. The van der Waals surface area contributed by atoms with Crippen LogP contribution in [0.4, 0.5) is 0 Å². The van der Waals surface area contributed by atoms with Crippen LogP contribution in [0.25, 0.3) is 0 Å². The first-order valence-corrected chi connectivity index (χ1v) is 6.47. The van der Waals surface area contributed by atoms with Crippen molar-refractivity contribution in [1.29, 1.82) is 0 Å². The molecule has 0 aromatic carbocycles. The molecule has 3 nitrogen and oxygen atoms in total. The molecule has 0 saturated heterocycles. The zero-order valence-corrected chi connectivity index (χ0v) is 12.6. The molecule has 1 aliphatic rings. The number of nitrogens with one attached hydrogen (secondary N) is 2. The molecule has 3 heteroatoms. The van der Waals surface area contributed by atoms with Crippen LogP contribution >= 0.6 is 0 Å². The van der Waals surface area contributed by atoms with Crippen LogP contribution in [0.3, 0.4) is 0 Å². The molecule has 0 bridgehead atoms. The highest BCUT2D eigenvalue weighted by Gasteiger charge is 2.65. The second kappa shape index (κ2) is 3.98. The van der Waals surface area contributed by atoms with Crippen molar-refractivity contribution in [1.82, 2.24) is 10.6 Å². The molecule has 0 radical (unpaired) electrons. The number of carbonyl (C=O) groups is 1. The van der Waals surface area contributed by atoms with Gasteiger partial charge in [-0.05, 0) is 38.5 Å². The summed E-state index contributed by atoms with van der Waals surface area (Å²) in [5.41, 5.74) is 0.369. The van der Waals surface area contributed by atoms with Crippen LogP contribution in [0.2, 0.25) is 0 Å². The van der Waals surface area contributed by atoms with Gasteiger partial charge in [0.25, 0.3) is 0 Å². The van der Waals surface area contributed by atoms with Crippen LogP contribution in [0.1, 0.15) is 55.4 Å². The third-order valence-corrected chi connectivity index (χ3v) is 4.33. The molecule has 1 atom stereocenters. The lowest BCUT2D eigenvalue weighted by atomic mass is 10.0. The fraction of sp³-hybridized carbons (Fsp3) is 0.929. The number of amides is 1. The molecule has 1 amide bonds. The fourth-order valence-electron chi connectivity index (χ4n) is 2.42. The molecule has 0 spiro atoms. The number of hydrogen-bond acceptors (Lipinski definition) is 2. The average Bonchev–Trinajstić information content (AvgIpc) is 2.44. The van der Waals surface area contributed by atoms with E-state index in [0.29, 0.717) is 6.04 Å². The van der Waals surface area contributed by atoms with Crippen LogP contribution in [-0.4, -0.2) is 23.5 Å². The summed E-state index contributed by atoms with van der Waals surface area (Å²) in [6.45, 7) is 16.9. The van der Waals surface area contributed by atoms with Gasteiger partial charge in [0.05, 0.1) is 6.04 Å². The standard InChI is InChI=1S/C14H28N2O/c1-9(10(17)16-12(2,3)4)15-11-13(5,6)14(11,7)8/h9,11,15H,1-8H3,(H,16,17). The number of hydrogen-bond donors (Lipinski definition) is 2. The van der Waals surface area contributed by atoms with E-state index < -0.39 is 0 Å². The van der Waals surface area contributed by atoms with Gasteiger partial charge in [-0.25, -0.2) is 0 Å². The van der Waals surface area contributed by atoms with Gasteiger partial charge in [0.15, 0.2) is 0 Å². The topological polar surface area (TPSA) is 41.1 Å². The highest BCUT2D eigenvalue weighted by molar-refractivity contribution is 5.82. The largest absolute Gasteiger partial charge is 0.350 e. The van der Waals surface area contributed by atoms with Crippen molar-refractivity contribution in [2.24, 2.45) is 10.8 Å². The minimum Gasteiger partial charge on any atom is -0.350 e. The first kappa shape index (κ1) is 14.5. The SMILES string of the molecule is CC(NC1C(C)(C)C1(C)C)C(=O)NC(C)(C)C. The van der Waals surface area contributed by atoms with E-state index in [1.807, 2.05) is 27.7 Å². The van der Waals surface area contributed by atoms with Gasteiger partial charge >= 0.3 is 0 Å². The van der Waals surface area contributed by atoms with Gasteiger partial charge in [-0.1, -0.05) is 27.7 Å². The van der Waals surface area contributed by atoms with Gasteiger partial charge < -0.3 is 10.6 Å².